The highest BCUT2D eigenvalue weighted by Crippen LogP contribution is 2.35. The summed E-state index contributed by atoms with van der Waals surface area (Å²) in [7, 11) is 3.09. The molecule has 0 radical (unpaired) electrons. The summed E-state index contributed by atoms with van der Waals surface area (Å²) in [5.41, 5.74) is 0.623. The van der Waals surface area contributed by atoms with E-state index in [9.17, 15) is 22.8 Å². The van der Waals surface area contributed by atoms with Crippen LogP contribution in [-0.4, -0.2) is 74.7 Å². The molecule has 3 N–H and O–H groups in total. The number of hydrogen-bond acceptors (Lipinski definition) is 9. The zero-order valence-electron chi connectivity index (χ0n) is 19.5. The van der Waals surface area contributed by atoms with Crippen molar-refractivity contribution in [3.8, 4) is 11.4 Å². The number of alkyl halides is 3. The third kappa shape index (κ3) is 4.89. The van der Waals surface area contributed by atoms with Crippen molar-refractivity contribution >= 4 is 29.4 Å². The van der Waals surface area contributed by atoms with Gasteiger partial charge in [-0.25, -0.2) is 24.9 Å². The molecule has 0 saturated carbocycles. The fraction of sp³-hybridized carbons (Fsp3) is 0.381. The van der Waals surface area contributed by atoms with Gasteiger partial charge in [0.25, 0.3) is 5.91 Å². The summed E-state index contributed by atoms with van der Waals surface area (Å²) in [4.78, 5) is 47.4. The largest absolute Gasteiger partial charge is 0.395 e. The molecule has 0 spiro atoms. The Bertz CT molecular complexity index is 1260. The number of nitrogens with one attached hydrogen (secondary N) is 3. The molecule has 0 unspecified atom stereocenters. The second-order valence-electron chi connectivity index (χ2n) is 8.02. The molecule has 1 saturated heterocycles. The van der Waals surface area contributed by atoms with Gasteiger partial charge in [0.1, 0.15) is 11.9 Å². The van der Waals surface area contributed by atoms with Crippen LogP contribution in [0.15, 0.2) is 31.0 Å². The fourth-order valence-corrected chi connectivity index (χ4v) is 3.55. The highest BCUT2D eigenvalue weighted by atomic mass is 19.4. The van der Waals surface area contributed by atoms with Gasteiger partial charge in [0.2, 0.25) is 11.9 Å². The van der Waals surface area contributed by atoms with E-state index in [0.29, 0.717) is 11.4 Å². The second kappa shape index (κ2) is 9.75. The van der Waals surface area contributed by atoms with Crippen LogP contribution < -0.4 is 20.9 Å². The van der Waals surface area contributed by atoms with E-state index in [1.807, 2.05) is 0 Å². The average Bonchev–Trinajstić information content (AvgIpc) is 3.26. The van der Waals surface area contributed by atoms with Crippen molar-refractivity contribution in [1.82, 2.24) is 34.8 Å². The summed E-state index contributed by atoms with van der Waals surface area (Å²) in [6.07, 6.45) is 1.41. The van der Waals surface area contributed by atoms with Crippen LogP contribution in [0.2, 0.25) is 0 Å². The molecule has 1 aliphatic heterocycles. The number of rotatable bonds is 7. The summed E-state index contributed by atoms with van der Waals surface area (Å²) >= 11 is 0. The van der Waals surface area contributed by atoms with Gasteiger partial charge in [0.05, 0.1) is 17.8 Å². The fourth-order valence-electron chi connectivity index (χ4n) is 3.55. The first-order valence-electron chi connectivity index (χ1n) is 10.9. The minimum Gasteiger partial charge on any atom is -0.371 e. The van der Waals surface area contributed by atoms with Gasteiger partial charge in [-0.1, -0.05) is 0 Å². The Balaban J connectivity index is 1.45. The summed E-state index contributed by atoms with van der Waals surface area (Å²) < 4.78 is 39.5. The highest BCUT2D eigenvalue weighted by molar-refractivity contribution is 5.99. The average molecular weight is 504 g/mol. The van der Waals surface area contributed by atoms with E-state index in [1.165, 1.54) is 47.5 Å². The van der Waals surface area contributed by atoms with Crippen LogP contribution in [-0.2, 0) is 4.79 Å². The predicted octanol–water partition coefficient (Wildman–Crippen LogP) is 1.73. The molecule has 3 aromatic heterocycles. The SMILES string of the molecule is CNC(=O)c1c(NC)ncn1[C@@H](C)C(=O)Nc1ccnc(-c2cnc(N3CC(C(F)(F)F)C3)nc2)n1. The van der Waals surface area contributed by atoms with E-state index in [4.69, 9.17) is 0 Å². The maximum absolute atomic E-state index is 12.9. The van der Waals surface area contributed by atoms with Crippen LogP contribution in [0.3, 0.4) is 0 Å². The lowest BCUT2D eigenvalue weighted by atomic mass is 10.0. The van der Waals surface area contributed by atoms with Gasteiger partial charge in [-0.2, -0.15) is 13.2 Å². The van der Waals surface area contributed by atoms with E-state index >= 15 is 0 Å². The van der Waals surface area contributed by atoms with Crippen molar-refractivity contribution in [2.75, 3.05) is 42.7 Å². The molecule has 1 aliphatic rings. The molecular formula is C21H23F3N10O2. The Morgan fingerprint density at radius 2 is 1.81 bits per heavy atom. The summed E-state index contributed by atoms with van der Waals surface area (Å²) in [6, 6.07) is 0.692. The standard InChI is InChI=1S/C21H23F3N10O2/c1-11(34-10-30-17(25-2)15(34)19(36)26-3)18(35)32-14-4-5-27-16(31-14)12-6-28-20(29-7-12)33-8-13(9-33)21(22,23)24/h4-7,10-11,13,25H,8-9H2,1-3H3,(H,26,36)(H,27,31,32,35)/t11-/m0/s1. The van der Waals surface area contributed by atoms with E-state index in [2.05, 4.69) is 40.9 Å². The van der Waals surface area contributed by atoms with E-state index in [1.54, 1.807) is 14.0 Å². The second-order valence-corrected chi connectivity index (χ2v) is 8.02. The number of nitrogens with zero attached hydrogens (tertiary/aromatic N) is 7. The number of halogens is 3. The van der Waals surface area contributed by atoms with Crippen molar-refractivity contribution in [2.45, 2.75) is 19.1 Å². The molecule has 36 heavy (non-hydrogen) atoms. The number of aromatic nitrogens is 6. The normalized spacial score (nSPS) is 14.7. The maximum atomic E-state index is 12.9. The number of carbonyl (C=O) groups excluding carboxylic acids is 2. The molecular weight excluding hydrogens is 481 g/mol. The maximum Gasteiger partial charge on any atom is 0.395 e. The van der Waals surface area contributed by atoms with Crippen LogP contribution in [0.5, 0.6) is 0 Å². The highest BCUT2D eigenvalue weighted by Gasteiger charge is 2.47. The molecule has 190 valence electrons. The molecule has 0 aromatic carbocycles. The lowest BCUT2D eigenvalue weighted by Crippen LogP contribution is -2.54. The minimum atomic E-state index is -4.23. The Morgan fingerprint density at radius 1 is 1.11 bits per heavy atom. The lowest BCUT2D eigenvalue weighted by molar-refractivity contribution is -0.180. The topological polar surface area (TPSA) is 143 Å². The zero-order chi connectivity index (χ0) is 26.0. The first-order chi connectivity index (χ1) is 17.1. The smallest absolute Gasteiger partial charge is 0.371 e. The van der Waals surface area contributed by atoms with Gasteiger partial charge in [0.15, 0.2) is 17.3 Å². The molecule has 0 bridgehead atoms. The van der Waals surface area contributed by atoms with Gasteiger partial charge in [0, 0.05) is 45.8 Å². The molecule has 3 aromatic rings. The Hall–Kier alpha value is -4.30. The number of imidazole rings is 1. The molecule has 1 atom stereocenters. The van der Waals surface area contributed by atoms with Gasteiger partial charge in [-0.05, 0) is 13.0 Å². The van der Waals surface area contributed by atoms with Gasteiger partial charge >= 0.3 is 6.18 Å². The monoisotopic (exact) mass is 504 g/mol. The molecule has 2 amide bonds. The summed E-state index contributed by atoms with van der Waals surface area (Å²) in [5, 5.41) is 8.02. The van der Waals surface area contributed by atoms with Crippen LogP contribution in [0.25, 0.3) is 11.4 Å². The minimum absolute atomic E-state index is 0.186. The van der Waals surface area contributed by atoms with Crippen LogP contribution >= 0.6 is 0 Å². The van der Waals surface area contributed by atoms with Crippen LogP contribution in [0.1, 0.15) is 23.5 Å². The quantitative estimate of drug-likeness (QED) is 0.438. The van der Waals surface area contributed by atoms with Crippen molar-refractivity contribution < 1.29 is 22.8 Å². The van der Waals surface area contributed by atoms with Crippen LogP contribution in [0.4, 0.5) is 30.8 Å². The van der Waals surface area contributed by atoms with Gasteiger partial charge in [-0.3, -0.25) is 9.59 Å². The molecule has 15 heteroatoms. The zero-order valence-corrected chi connectivity index (χ0v) is 19.5. The van der Waals surface area contributed by atoms with Crippen LogP contribution in [0, 0.1) is 5.92 Å². The van der Waals surface area contributed by atoms with Gasteiger partial charge in [-0.15, -0.1) is 0 Å². The first-order valence-corrected chi connectivity index (χ1v) is 10.9. The van der Waals surface area contributed by atoms with E-state index in [0.717, 1.165) is 0 Å². The summed E-state index contributed by atoms with van der Waals surface area (Å²) in [6.45, 7) is 1.23. The number of carbonyl (C=O) groups is 2. The summed E-state index contributed by atoms with van der Waals surface area (Å²) in [5.74, 6) is -1.31. The molecule has 12 nitrogen and oxygen atoms in total. The van der Waals surface area contributed by atoms with Crippen molar-refractivity contribution in [1.29, 1.82) is 0 Å². The number of hydrogen-bond donors (Lipinski definition) is 3. The first kappa shape index (κ1) is 24.8. The lowest BCUT2D eigenvalue weighted by Gasteiger charge is -2.39. The molecule has 4 heterocycles. The number of anilines is 3. The van der Waals surface area contributed by atoms with Crippen molar-refractivity contribution in [3.63, 3.8) is 0 Å². The van der Waals surface area contributed by atoms with E-state index < -0.39 is 30.0 Å². The predicted molar refractivity (Wildman–Crippen MR) is 123 cm³/mol. The molecule has 1 fully saturated rings. The van der Waals surface area contributed by atoms with Crippen molar-refractivity contribution in [2.24, 2.45) is 5.92 Å². The Labute approximate surface area is 203 Å². The van der Waals surface area contributed by atoms with E-state index in [-0.39, 0.29) is 36.4 Å². The Morgan fingerprint density at radius 3 is 2.42 bits per heavy atom. The third-order valence-electron chi connectivity index (χ3n) is 5.70. The van der Waals surface area contributed by atoms with Gasteiger partial charge < -0.3 is 25.4 Å². The van der Waals surface area contributed by atoms with Crippen molar-refractivity contribution in [3.05, 3.63) is 36.7 Å². The number of amides is 2. The molecule has 4 rings (SSSR count). The molecule has 0 aliphatic carbocycles. The Kier molecular flexibility index (Phi) is 6.72. The third-order valence-corrected chi connectivity index (χ3v) is 5.70.